The fourth-order valence-electron chi connectivity index (χ4n) is 3.31. The summed E-state index contributed by atoms with van der Waals surface area (Å²) in [5.41, 5.74) is 0. The Labute approximate surface area is 87.1 Å². The lowest BCUT2D eigenvalue weighted by atomic mass is 9.83. The summed E-state index contributed by atoms with van der Waals surface area (Å²) in [6.45, 7) is 1.06. The summed E-state index contributed by atoms with van der Waals surface area (Å²) >= 11 is 0. The minimum atomic E-state index is 0. The van der Waals surface area contributed by atoms with E-state index in [1.54, 1.807) is 0 Å². The Morgan fingerprint density at radius 1 is 1.14 bits per heavy atom. The molecule has 3 aliphatic rings. The minimum absolute atomic E-state index is 0. The first kappa shape index (κ1) is 8.75. The van der Waals surface area contributed by atoms with Gasteiger partial charge in [-0.1, -0.05) is 0 Å². The third-order valence-corrected chi connectivity index (χ3v) is 4.29. The van der Waals surface area contributed by atoms with E-state index < -0.39 is 0 Å². The molecular formula is C12H21NO. The fraction of sp³-hybridized carbons (Fsp3) is 0.917. The van der Waals surface area contributed by atoms with Crippen molar-refractivity contribution in [1.82, 2.24) is 4.90 Å². The number of amides is 1. The second-order valence-electron chi connectivity index (χ2n) is 5.26. The van der Waals surface area contributed by atoms with Crippen molar-refractivity contribution in [3.05, 3.63) is 0 Å². The van der Waals surface area contributed by atoms with Gasteiger partial charge in [0, 0.05) is 20.4 Å². The highest BCUT2D eigenvalue weighted by Crippen LogP contribution is 2.44. The molecule has 1 aliphatic carbocycles. The highest BCUT2D eigenvalue weighted by Gasteiger charge is 2.39. The summed E-state index contributed by atoms with van der Waals surface area (Å²) in [5.74, 6) is 2.42. The molecular weight excluding hydrogens is 174 g/mol. The number of hydrogen-bond donors (Lipinski definition) is 0. The van der Waals surface area contributed by atoms with Crippen molar-refractivity contribution in [2.75, 3.05) is 6.54 Å². The Morgan fingerprint density at radius 2 is 2.00 bits per heavy atom. The van der Waals surface area contributed by atoms with E-state index in [0.29, 0.717) is 11.9 Å². The molecule has 3 fully saturated rings. The maximum atomic E-state index is 11.6. The van der Waals surface area contributed by atoms with Gasteiger partial charge in [0.1, 0.15) is 0 Å². The quantitative estimate of drug-likeness (QED) is 0.629. The first-order valence-electron chi connectivity index (χ1n) is 6.14. The van der Waals surface area contributed by atoms with Crippen LogP contribution in [0.25, 0.3) is 0 Å². The van der Waals surface area contributed by atoms with Gasteiger partial charge in [-0.2, -0.15) is 0 Å². The standard InChI is InChI=1S/C12H19NO.H2/c14-12-3-1-2-11-8-10(9-4-5-9)6-7-13(11)12;/h9-11H,1-8H2;1H/t10-,11-;/m0./s1. The van der Waals surface area contributed by atoms with E-state index in [4.69, 9.17) is 0 Å². The van der Waals surface area contributed by atoms with Crippen LogP contribution in [-0.4, -0.2) is 23.4 Å². The van der Waals surface area contributed by atoms with Gasteiger partial charge in [-0.25, -0.2) is 0 Å². The molecule has 3 rings (SSSR count). The van der Waals surface area contributed by atoms with Crippen molar-refractivity contribution in [3.63, 3.8) is 0 Å². The van der Waals surface area contributed by atoms with E-state index in [1.165, 1.54) is 32.1 Å². The van der Waals surface area contributed by atoms with Gasteiger partial charge in [-0.3, -0.25) is 4.79 Å². The number of carbonyl (C=O) groups is 1. The SMILES string of the molecule is O=C1CCC[C@H]2C[C@@H](C3CC3)CCN12.[HH]. The molecule has 2 nitrogen and oxygen atoms in total. The lowest BCUT2D eigenvalue weighted by molar-refractivity contribution is -0.139. The molecule has 0 aromatic heterocycles. The number of carbonyl (C=O) groups excluding carboxylic acids is 1. The number of piperidine rings is 2. The van der Waals surface area contributed by atoms with Crippen LogP contribution in [0.15, 0.2) is 0 Å². The molecule has 0 unspecified atom stereocenters. The molecule has 0 aromatic carbocycles. The maximum absolute atomic E-state index is 11.6. The van der Waals surface area contributed by atoms with Crippen molar-refractivity contribution in [2.24, 2.45) is 11.8 Å². The van der Waals surface area contributed by atoms with Gasteiger partial charge >= 0.3 is 0 Å². The maximum Gasteiger partial charge on any atom is 0.222 e. The second kappa shape index (κ2) is 3.25. The van der Waals surface area contributed by atoms with Crippen LogP contribution in [0.1, 0.15) is 46.4 Å². The van der Waals surface area contributed by atoms with E-state index in [9.17, 15) is 4.79 Å². The van der Waals surface area contributed by atoms with E-state index in [-0.39, 0.29) is 1.43 Å². The van der Waals surface area contributed by atoms with Gasteiger partial charge in [0.15, 0.2) is 0 Å². The molecule has 2 heterocycles. The average molecular weight is 195 g/mol. The first-order chi connectivity index (χ1) is 6.84. The highest BCUT2D eigenvalue weighted by molar-refractivity contribution is 5.77. The molecule has 0 aromatic rings. The monoisotopic (exact) mass is 195 g/mol. The van der Waals surface area contributed by atoms with Crippen LogP contribution in [-0.2, 0) is 4.79 Å². The molecule has 0 bridgehead atoms. The molecule has 1 saturated carbocycles. The third kappa shape index (κ3) is 1.45. The molecule has 2 aliphatic heterocycles. The fourth-order valence-corrected chi connectivity index (χ4v) is 3.31. The van der Waals surface area contributed by atoms with Crippen molar-refractivity contribution in [1.29, 1.82) is 0 Å². The van der Waals surface area contributed by atoms with Crippen LogP contribution in [0.2, 0.25) is 0 Å². The van der Waals surface area contributed by atoms with Crippen LogP contribution in [0, 0.1) is 11.8 Å². The third-order valence-electron chi connectivity index (χ3n) is 4.29. The van der Waals surface area contributed by atoms with E-state index in [2.05, 4.69) is 4.90 Å². The average Bonchev–Trinajstić information content (AvgIpc) is 3.01. The van der Waals surface area contributed by atoms with Gasteiger partial charge < -0.3 is 4.90 Å². The van der Waals surface area contributed by atoms with Gasteiger partial charge in [0.25, 0.3) is 0 Å². The Bertz CT molecular complexity index is 252. The predicted octanol–water partition coefficient (Wildman–Crippen LogP) is 2.43. The zero-order valence-corrected chi connectivity index (χ0v) is 8.74. The molecule has 0 N–H and O–H groups in total. The Kier molecular flexibility index (Phi) is 2.03. The van der Waals surface area contributed by atoms with Crippen molar-refractivity contribution in [2.45, 2.75) is 51.0 Å². The van der Waals surface area contributed by atoms with Crippen LogP contribution in [0.5, 0.6) is 0 Å². The molecule has 14 heavy (non-hydrogen) atoms. The van der Waals surface area contributed by atoms with E-state index in [0.717, 1.165) is 31.2 Å². The largest absolute Gasteiger partial charge is 0.340 e. The lowest BCUT2D eigenvalue weighted by Gasteiger charge is -2.42. The molecule has 2 heteroatoms. The second-order valence-corrected chi connectivity index (χ2v) is 5.26. The number of rotatable bonds is 1. The summed E-state index contributed by atoms with van der Waals surface area (Å²) in [6.07, 6.45) is 8.75. The molecule has 2 atom stereocenters. The van der Waals surface area contributed by atoms with Crippen LogP contribution < -0.4 is 0 Å². The Hall–Kier alpha value is -0.530. The lowest BCUT2D eigenvalue weighted by Crippen LogP contribution is -2.48. The summed E-state index contributed by atoms with van der Waals surface area (Å²) in [7, 11) is 0. The summed E-state index contributed by atoms with van der Waals surface area (Å²) in [4.78, 5) is 13.8. The Balaban J connectivity index is 0.000000853. The summed E-state index contributed by atoms with van der Waals surface area (Å²) in [6, 6.07) is 0.621. The molecule has 0 radical (unpaired) electrons. The summed E-state index contributed by atoms with van der Waals surface area (Å²) < 4.78 is 0. The van der Waals surface area contributed by atoms with Crippen molar-refractivity contribution >= 4 is 5.91 Å². The molecule has 0 spiro atoms. The van der Waals surface area contributed by atoms with Gasteiger partial charge in [0.05, 0.1) is 0 Å². The van der Waals surface area contributed by atoms with E-state index >= 15 is 0 Å². The molecule has 2 saturated heterocycles. The van der Waals surface area contributed by atoms with Gasteiger partial charge in [-0.15, -0.1) is 0 Å². The zero-order chi connectivity index (χ0) is 9.54. The van der Waals surface area contributed by atoms with Crippen LogP contribution in [0.3, 0.4) is 0 Å². The molecule has 80 valence electrons. The van der Waals surface area contributed by atoms with Gasteiger partial charge in [-0.05, 0) is 50.4 Å². The number of hydrogen-bond acceptors (Lipinski definition) is 1. The number of nitrogens with zero attached hydrogens (tertiary/aromatic N) is 1. The molecule has 1 amide bonds. The van der Waals surface area contributed by atoms with Crippen molar-refractivity contribution < 1.29 is 6.22 Å². The smallest absolute Gasteiger partial charge is 0.222 e. The first-order valence-corrected chi connectivity index (χ1v) is 6.14. The van der Waals surface area contributed by atoms with Gasteiger partial charge in [0.2, 0.25) is 5.91 Å². The van der Waals surface area contributed by atoms with E-state index in [1.807, 2.05) is 0 Å². The Morgan fingerprint density at radius 3 is 2.79 bits per heavy atom. The zero-order valence-electron chi connectivity index (χ0n) is 8.74. The predicted molar refractivity (Wildman–Crippen MR) is 56.9 cm³/mol. The number of fused-ring (bicyclic) bond motifs is 1. The van der Waals surface area contributed by atoms with Crippen LogP contribution in [0.4, 0.5) is 0 Å². The van der Waals surface area contributed by atoms with Crippen LogP contribution >= 0.6 is 0 Å². The minimum Gasteiger partial charge on any atom is -0.340 e. The van der Waals surface area contributed by atoms with Crippen molar-refractivity contribution in [3.8, 4) is 0 Å². The normalized spacial score (nSPS) is 38.3. The highest BCUT2D eigenvalue weighted by atomic mass is 16.2. The topological polar surface area (TPSA) is 20.3 Å². The summed E-state index contributed by atoms with van der Waals surface area (Å²) in [5, 5.41) is 0.